The van der Waals surface area contributed by atoms with Crippen molar-refractivity contribution < 1.29 is 13.2 Å². The fraction of sp³-hybridized carbons (Fsp3) is 0.812. The first-order valence-electron chi connectivity index (χ1n) is 8.57. The van der Waals surface area contributed by atoms with Gasteiger partial charge in [0, 0.05) is 37.2 Å². The van der Waals surface area contributed by atoms with Gasteiger partial charge in [-0.3, -0.25) is 4.68 Å². The summed E-state index contributed by atoms with van der Waals surface area (Å²) in [5.41, 5.74) is 1.29. The van der Waals surface area contributed by atoms with Crippen LogP contribution in [0.5, 0.6) is 0 Å². The van der Waals surface area contributed by atoms with E-state index in [9.17, 15) is 8.42 Å². The van der Waals surface area contributed by atoms with E-state index in [1.807, 2.05) is 18.7 Å². The number of hydrogen-bond acceptors (Lipinski definition) is 5. The lowest BCUT2D eigenvalue weighted by Crippen LogP contribution is -2.60. The molecule has 0 aromatic carbocycles. The zero-order valence-corrected chi connectivity index (χ0v) is 16.1. The van der Waals surface area contributed by atoms with E-state index in [-0.39, 0.29) is 4.75 Å². The van der Waals surface area contributed by atoms with Crippen LogP contribution in [0.25, 0.3) is 0 Å². The van der Waals surface area contributed by atoms with Crippen LogP contribution in [0.4, 0.5) is 0 Å². The fourth-order valence-corrected chi connectivity index (χ4v) is 7.44. The van der Waals surface area contributed by atoms with E-state index < -0.39 is 10.0 Å². The predicted molar refractivity (Wildman–Crippen MR) is 93.7 cm³/mol. The molecule has 0 amide bonds. The molecule has 4 rings (SSSR count). The molecule has 6 nitrogen and oxygen atoms in total. The van der Waals surface area contributed by atoms with Crippen LogP contribution in [0.15, 0.2) is 4.90 Å². The van der Waals surface area contributed by atoms with Gasteiger partial charge in [-0.05, 0) is 39.0 Å². The summed E-state index contributed by atoms with van der Waals surface area (Å²) in [6, 6.07) is 0. The van der Waals surface area contributed by atoms with Gasteiger partial charge in [0.25, 0.3) is 0 Å². The second-order valence-corrected chi connectivity index (χ2v) is 10.9. The van der Waals surface area contributed by atoms with Crippen LogP contribution in [0.3, 0.4) is 0 Å². The molecule has 0 radical (unpaired) electrons. The van der Waals surface area contributed by atoms with Crippen molar-refractivity contribution in [2.45, 2.75) is 48.9 Å². The highest BCUT2D eigenvalue weighted by atomic mass is 32.2. The SMILES string of the molecule is Cc1nn(C)c(C)c1S(=O)(=O)N1CC2(C[C@H](OCC3CC3)CS2)C1. The Hall–Kier alpha value is -0.570. The van der Waals surface area contributed by atoms with E-state index >= 15 is 0 Å². The van der Waals surface area contributed by atoms with Crippen LogP contribution in [-0.2, 0) is 21.8 Å². The zero-order chi connectivity index (χ0) is 17.1. The van der Waals surface area contributed by atoms with Crippen molar-refractivity contribution in [2.75, 3.05) is 25.4 Å². The quantitative estimate of drug-likeness (QED) is 0.788. The van der Waals surface area contributed by atoms with Crippen molar-refractivity contribution in [1.29, 1.82) is 0 Å². The van der Waals surface area contributed by atoms with Gasteiger partial charge in [0.2, 0.25) is 10.0 Å². The Kier molecular flexibility index (Phi) is 4.02. The molecule has 1 atom stereocenters. The Labute approximate surface area is 148 Å². The standard InChI is InChI=1S/C16H25N3O3S2/c1-11-15(12(2)18(3)17-11)24(20,21)19-9-16(10-19)6-14(8-23-16)22-7-13-4-5-13/h13-14H,4-10H2,1-3H3/t14-/m0/s1. The fourth-order valence-electron chi connectivity index (χ4n) is 3.71. The Morgan fingerprint density at radius 1 is 1.33 bits per heavy atom. The summed E-state index contributed by atoms with van der Waals surface area (Å²) in [7, 11) is -1.66. The molecule has 1 aromatic rings. The minimum absolute atomic E-state index is 0.0608. The summed E-state index contributed by atoms with van der Waals surface area (Å²) in [5.74, 6) is 1.77. The summed E-state index contributed by atoms with van der Waals surface area (Å²) in [6.07, 6.45) is 3.88. The van der Waals surface area contributed by atoms with Gasteiger partial charge in [-0.25, -0.2) is 8.42 Å². The van der Waals surface area contributed by atoms with E-state index in [0.29, 0.717) is 35.5 Å². The number of ether oxygens (including phenoxy) is 1. The number of aryl methyl sites for hydroxylation is 2. The zero-order valence-electron chi connectivity index (χ0n) is 14.5. The molecule has 134 valence electrons. The molecule has 2 aliphatic heterocycles. The lowest BCUT2D eigenvalue weighted by Gasteiger charge is -2.46. The molecule has 0 bridgehead atoms. The number of aromatic nitrogens is 2. The number of sulfonamides is 1. The molecule has 1 aromatic heterocycles. The van der Waals surface area contributed by atoms with E-state index in [0.717, 1.165) is 24.7 Å². The first kappa shape index (κ1) is 16.9. The first-order valence-corrected chi connectivity index (χ1v) is 11.0. The van der Waals surface area contributed by atoms with Crippen LogP contribution in [0.1, 0.15) is 30.7 Å². The van der Waals surface area contributed by atoms with Crippen LogP contribution in [0, 0.1) is 19.8 Å². The number of hydrogen-bond donors (Lipinski definition) is 0. The third kappa shape index (κ3) is 2.81. The summed E-state index contributed by atoms with van der Waals surface area (Å²) in [5, 5.41) is 4.25. The van der Waals surface area contributed by atoms with Gasteiger partial charge < -0.3 is 4.74 Å². The average Bonchev–Trinajstić information content (AvgIpc) is 3.13. The van der Waals surface area contributed by atoms with Crippen LogP contribution >= 0.6 is 11.8 Å². The molecule has 8 heteroatoms. The van der Waals surface area contributed by atoms with Crippen molar-refractivity contribution in [2.24, 2.45) is 13.0 Å². The summed E-state index contributed by atoms with van der Waals surface area (Å²) < 4.78 is 35.2. The minimum Gasteiger partial charge on any atom is -0.377 e. The topological polar surface area (TPSA) is 64.4 Å². The third-order valence-electron chi connectivity index (χ3n) is 5.41. The van der Waals surface area contributed by atoms with Gasteiger partial charge in [0.1, 0.15) is 4.90 Å². The molecule has 0 N–H and O–H groups in total. The summed E-state index contributed by atoms with van der Waals surface area (Å²) in [4.78, 5) is 0.379. The summed E-state index contributed by atoms with van der Waals surface area (Å²) in [6.45, 7) is 5.65. The molecule has 3 heterocycles. The number of rotatable bonds is 5. The van der Waals surface area contributed by atoms with E-state index in [2.05, 4.69) is 5.10 Å². The summed E-state index contributed by atoms with van der Waals surface area (Å²) >= 11 is 1.89. The Bertz CT molecular complexity index is 749. The first-order chi connectivity index (χ1) is 11.3. The highest BCUT2D eigenvalue weighted by Gasteiger charge is 2.54. The molecule has 1 aliphatic carbocycles. The molecule has 1 saturated carbocycles. The molecule has 3 fully saturated rings. The molecular weight excluding hydrogens is 346 g/mol. The van der Waals surface area contributed by atoms with Crippen molar-refractivity contribution in [3.05, 3.63) is 11.4 Å². The van der Waals surface area contributed by atoms with Gasteiger partial charge >= 0.3 is 0 Å². The number of thioether (sulfide) groups is 1. The Morgan fingerprint density at radius 3 is 2.62 bits per heavy atom. The molecule has 24 heavy (non-hydrogen) atoms. The van der Waals surface area contributed by atoms with Gasteiger partial charge in [-0.15, -0.1) is 11.8 Å². The molecule has 1 spiro atoms. The van der Waals surface area contributed by atoms with Crippen molar-refractivity contribution in [1.82, 2.24) is 14.1 Å². The average molecular weight is 372 g/mol. The van der Waals surface area contributed by atoms with Crippen LogP contribution in [-0.4, -0.2) is 58.8 Å². The van der Waals surface area contributed by atoms with Crippen molar-refractivity contribution in [3.8, 4) is 0 Å². The lowest BCUT2D eigenvalue weighted by molar-refractivity contribution is 0.0446. The van der Waals surface area contributed by atoms with E-state index in [1.54, 1.807) is 23.0 Å². The number of nitrogens with zero attached hydrogens (tertiary/aromatic N) is 3. The Balaban J connectivity index is 1.41. The van der Waals surface area contributed by atoms with Gasteiger partial charge in [0.05, 0.1) is 17.5 Å². The highest BCUT2D eigenvalue weighted by molar-refractivity contribution is 8.01. The molecular formula is C16H25N3O3S2. The predicted octanol–water partition coefficient (Wildman–Crippen LogP) is 1.71. The smallest absolute Gasteiger partial charge is 0.246 e. The monoisotopic (exact) mass is 371 g/mol. The second-order valence-electron chi connectivity index (χ2n) is 7.49. The van der Waals surface area contributed by atoms with Gasteiger partial charge in [0.15, 0.2) is 0 Å². The highest BCUT2D eigenvalue weighted by Crippen LogP contribution is 2.48. The van der Waals surface area contributed by atoms with Crippen LogP contribution < -0.4 is 0 Å². The third-order valence-corrected chi connectivity index (χ3v) is 9.03. The van der Waals surface area contributed by atoms with Gasteiger partial charge in [-0.1, -0.05) is 0 Å². The Morgan fingerprint density at radius 2 is 2.04 bits per heavy atom. The maximum absolute atomic E-state index is 12.9. The van der Waals surface area contributed by atoms with Crippen LogP contribution in [0.2, 0.25) is 0 Å². The maximum Gasteiger partial charge on any atom is 0.246 e. The largest absolute Gasteiger partial charge is 0.377 e. The van der Waals surface area contributed by atoms with Gasteiger partial charge in [-0.2, -0.15) is 9.40 Å². The van der Waals surface area contributed by atoms with Crippen molar-refractivity contribution in [3.63, 3.8) is 0 Å². The normalized spacial score (nSPS) is 26.9. The molecule has 0 unspecified atom stereocenters. The lowest BCUT2D eigenvalue weighted by atomic mass is 9.95. The minimum atomic E-state index is -3.44. The van der Waals surface area contributed by atoms with E-state index in [1.165, 1.54) is 12.8 Å². The van der Waals surface area contributed by atoms with Crippen molar-refractivity contribution >= 4 is 21.8 Å². The molecule has 2 saturated heterocycles. The van der Waals surface area contributed by atoms with E-state index in [4.69, 9.17) is 4.74 Å². The maximum atomic E-state index is 12.9. The second kappa shape index (κ2) is 5.72. The molecule has 3 aliphatic rings.